The first kappa shape index (κ1) is 17.3. The average molecular weight is 301 g/mol. The van der Waals surface area contributed by atoms with Crippen LogP contribution in [0.5, 0.6) is 0 Å². The van der Waals surface area contributed by atoms with Crippen LogP contribution in [-0.2, 0) is 9.59 Å². The second kappa shape index (κ2) is 9.27. The van der Waals surface area contributed by atoms with E-state index in [9.17, 15) is 9.59 Å². The smallest absolute Gasteiger partial charge is 0.306 e. The van der Waals surface area contributed by atoms with E-state index in [1.165, 1.54) is 11.5 Å². The lowest BCUT2D eigenvalue weighted by Gasteiger charge is -2.22. The summed E-state index contributed by atoms with van der Waals surface area (Å²) in [4.78, 5) is 22.6. The van der Waals surface area contributed by atoms with Crippen LogP contribution in [0.25, 0.3) is 0 Å². The molecule has 5 heteroatoms. The van der Waals surface area contributed by atoms with Crippen LogP contribution in [0.15, 0.2) is 0 Å². The van der Waals surface area contributed by atoms with Crippen LogP contribution in [0, 0.1) is 11.8 Å². The Morgan fingerprint density at radius 1 is 1.25 bits per heavy atom. The lowest BCUT2D eigenvalue weighted by Crippen LogP contribution is -2.34. The van der Waals surface area contributed by atoms with E-state index in [1.54, 1.807) is 6.92 Å². The summed E-state index contributed by atoms with van der Waals surface area (Å²) in [6.45, 7) is 3.73. The molecule has 1 rings (SSSR count). The molecule has 1 saturated heterocycles. The van der Waals surface area contributed by atoms with Crippen molar-refractivity contribution in [1.82, 2.24) is 5.32 Å². The molecule has 0 aromatic carbocycles. The van der Waals surface area contributed by atoms with Gasteiger partial charge in [-0.3, -0.25) is 9.59 Å². The van der Waals surface area contributed by atoms with Gasteiger partial charge >= 0.3 is 5.97 Å². The number of hydrogen-bond donors (Lipinski definition) is 2. The molecule has 2 atom stereocenters. The summed E-state index contributed by atoms with van der Waals surface area (Å²) in [5.41, 5.74) is 0. The summed E-state index contributed by atoms with van der Waals surface area (Å²) in [7, 11) is 0. The zero-order valence-corrected chi connectivity index (χ0v) is 13.4. The molecule has 0 spiro atoms. The number of hydrogen-bond acceptors (Lipinski definition) is 3. The second-order valence-electron chi connectivity index (χ2n) is 5.90. The lowest BCUT2D eigenvalue weighted by molar-refractivity contribution is -0.141. The third-order valence-electron chi connectivity index (χ3n) is 3.92. The Morgan fingerprint density at radius 2 is 1.90 bits per heavy atom. The van der Waals surface area contributed by atoms with Crippen molar-refractivity contribution in [2.24, 2.45) is 11.8 Å². The van der Waals surface area contributed by atoms with Crippen molar-refractivity contribution in [3.63, 3.8) is 0 Å². The van der Waals surface area contributed by atoms with Gasteiger partial charge in [0.05, 0.1) is 5.92 Å². The van der Waals surface area contributed by atoms with E-state index in [-0.39, 0.29) is 17.9 Å². The third kappa shape index (κ3) is 7.17. The normalized spacial score (nSPS) is 19.3. The van der Waals surface area contributed by atoms with Crippen molar-refractivity contribution in [1.29, 1.82) is 0 Å². The Hall–Kier alpha value is -0.710. The van der Waals surface area contributed by atoms with Crippen molar-refractivity contribution < 1.29 is 14.7 Å². The first-order chi connectivity index (χ1) is 9.49. The number of carboxylic acids is 1. The van der Waals surface area contributed by atoms with Gasteiger partial charge in [-0.05, 0) is 50.0 Å². The van der Waals surface area contributed by atoms with E-state index >= 15 is 0 Å². The van der Waals surface area contributed by atoms with Crippen molar-refractivity contribution in [3.05, 3.63) is 0 Å². The molecule has 20 heavy (non-hydrogen) atoms. The van der Waals surface area contributed by atoms with Gasteiger partial charge in [-0.25, -0.2) is 0 Å². The van der Waals surface area contributed by atoms with Gasteiger partial charge in [0.25, 0.3) is 0 Å². The van der Waals surface area contributed by atoms with Crippen molar-refractivity contribution >= 4 is 23.6 Å². The number of rotatable bonds is 8. The molecule has 1 fully saturated rings. The van der Waals surface area contributed by atoms with E-state index in [4.69, 9.17) is 5.11 Å². The second-order valence-corrected chi connectivity index (χ2v) is 7.12. The zero-order valence-electron chi connectivity index (χ0n) is 12.6. The Bertz CT molecular complexity index is 316. The van der Waals surface area contributed by atoms with E-state index in [2.05, 4.69) is 5.32 Å². The highest BCUT2D eigenvalue weighted by Gasteiger charge is 2.18. The molecule has 0 saturated carbocycles. The molecular weight excluding hydrogens is 274 g/mol. The predicted octanol–water partition coefficient (Wildman–Crippen LogP) is 2.92. The number of carbonyl (C=O) groups is 2. The SMILES string of the molecule is CC(CCCC(C)C(=O)O)NC(=O)CC1CCSCC1. The van der Waals surface area contributed by atoms with E-state index < -0.39 is 5.97 Å². The summed E-state index contributed by atoms with van der Waals surface area (Å²) in [6.07, 6.45) is 5.33. The summed E-state index contributed by atoms with van der Waals surface area (Å²) in [5.74, 6) is 2.03. The molecule has 4 nitrogen and oxygen atoms in total. The molecule has 0 radical (unpaired) electrons. The molecule has 2 unspecified atom stereocenters. The van der Waals surface area contributed by atoms with E-state index in [1.807, 2.05) is 18.7 Å². The number of carbonyl (C=O) groups excluding carboxylic acids is 1. The summed E-state index contributed by atoms with van der Waals surface area (Å²) in [5, 5.41) is 11.8. The molecule has 2 N–H and O–H groups in total. The molecule has 1 amide bonds. The topological polar surface area (TPSA) is 66.4 Å². The highest BCUT2D eigenvalue weighted by atomic mass is 32.2. The van der Waals surface area contributed by atoms with Crippen LogP contribution in [0.1, 0.15) is 52.4 Å². The van der Waals surface area contributed by atoms with Gasteiger partial charge in [-0.15, -0.1) is 0 Å². The molecule has 116 valence electrons. The van der Waals surface area contributed by atoms with Gasteiger partial charge in [0.2, 0.25) is 5.91 Å². The summed E-state index contributed by atoms with van der Waals surface area (Å²) < 4.78 is 0. The molecule has 1 aliphatic rings. The fourth-order valence-corrected chi connectivity index (χ4v) is 3.68. The minimum absolute atomic E-state index is 0.140. The Kier molecular flexibility index (Phi) is 8.04. The Balaban J connectivity index is 2.12. The molecular formula is C15H27NO3S. The van der Waals surface area contributed by atoms with E-state index in [0.29, 0.717) is 18.8 Å². The first-order valence-electron chi connectivity index (χ1n) is 7.59. The number of carboxylic acid groups (broad SMARTS) is 1. The van der Waals surface area contributed by atoms with Gasteiger partial charge in [-0.2, -0.15) is 11.8 Å². The Labute approximate surface area is 126 Å². The van der Waals surface area contributed by atoms with Crippen LogP contribution >= 0.6 is 11.8 Å². The molecule has 0 bridgehead atoms. The number of amides is 1. The van der Waals surface area contributed by atoms with Gasteiger partial charge in [0, 0.05) is 12.5 Å². The van der Waals surface area contributed by atoms with Gasteiger partial charge in [0.1, 0.15) is 0 Å². The number of nitrogens with one attached hydrogen (secondary N) is 1. The van der Waals surface area contributed by atoms with Crippen LogP contribution in [0.3, 0.4) is 0 Å². The minimum Gasteiger partial charge on any atom is -0.481 e. The lowest BCUT2D eigenvalue weighted by atomic mass is 9.98. The maximum Gasteiger partial charge on any atom is 0.306 e. The largest absolute Gasteiger partial charge is 0.481 e. The van der Waals surface area contributed by atoms with Crippen molar-refractivity contribution in [2.75, 3.05) is 11.5 Å². The average Bonchev–Trinajstić information content (AvgIpc) is 2.39. The summed E-state index contributed by atoms with van der Waals surface area (Å²) >= 11 is 1.98. The highest BCUT2D eigenvalue weighted by Crippen LogP contribution is 2.25. The number of aliphatic carboxylic acids is 1. The van der Waals surface area contributed by atoms with Crippen molar-refractivity contribution in [2.45, 2.75) is 58.4 Å². The third-order valence-corrected chi connectivity index (χ3v) is 4.97. The molecule has 0 aromatic rings. The van der Waals surface area contributed by atoms with Gasteiger partial charge in [-0.1, -0.05) is 13.3 Å². The fourth-order valence-electron chi connectivity index (χ4n) is 2.47. The predicted molar refractivity (Wildman–Crippen MR) is 82.9 cm³/mol. The van der Waals surface area contributed by atoms with Crippen LogP contribution in [0.4, 0.5) is 0 Å². The fraction of sp³-hybridized carbons (Fsp3) is 0.867. The Morgan fingerprint density at radius 3 is 2.50 bits per heavy atom. The van der Waals surface area contributed by atoms with Crippen LogP contribution in [-0.4, -0.2) is 34.5 Å². The van der Waals surface area contributed by atoms with Gasteiger partial charge < -0.3 is 10.4 Å². The molecule has 1 heterocycles. The summed E-state index contributed by atoms with van der Waals surface area (Å²) in [6, 6.07) is 0.140. The molecule has 0 aromatic heterocycles. The van der Waals surface area contributed by atoms with Gasteiger partial charge in [0.15, 0.2) is 0 Å². The van der Waals surface area contributed by atoms with E-state index in [0.717, 1.165) is 25.7 Å². The van der Waals surface area contributed by atoms with Crippen LogP contribution < -0.4 is 5.32 Å². The maximum atomic E-state index is 11.9. The van der Waals surface area contributed by atoms with Crippen molar-refractivity contribution in [3.8, 4) is 0 Å². The minimum atomic E-state index is -0.739. The monoisotopic (exact) mass is 301 g/mol. The quantitative estimate of drug-likeness (QED) is 0.723. The first-order valence-corrected chi connectivity index (χ1v) is 8.74. The zero-order chi connectivity index (χ0) is 15.0. The number of thioether (sulfide) groups is 1. The molecule has 0 aliphatic carbocycles. The highest BCUT2D eigenvalue weighted by molar-refractivity contribution is 7.99. The standard InChI is InChI=1S/C15H27NO3S/c1-11(15(18)19)4-3-5-12(2)16-14(17)10-13-6-8-20-9-7-13/h11-13H,3-10H2,1-2H3,(H,16,17)(H,18,19). The van der Waals surface area contributed by atoms with Crippen LogP contribution in [0.2, 0.25) is 0 Å². The molecule has 1 aliphatic heterocycles. The maximum absolute atomic E-state index is 11.9.